The van der Waals surface area contributed by atoms with E-state index in [1.165, 1.54) is 24.1 Å². The highest BCUT2D eigenvalue weighted by molar-refractivity contribution is 7.80. The van der Waals surface area contributed by atoms with Crippen molar-refractivity contribution in [2.24, 2.45) is 0 Å². The lowest BCUT2D eigenvalue weighted by atomic mass is 10.1. The maximum Gasteiger partial charge on any atom is 0.276 e. The zero-order valence-electron chi connectivity index (χ0n) is 13.1. The predicted octanol–water partition coefficient (Wildman–Crippen LogP) is 2.67. The van der Waals surface area contributed by atoms with Crippen molar-refractivity contribution in [3.63, 3.8) is 0 Å². The van der Waals surface area contributed by atoms with Gasteiger partial charge < -0.3 is 10.2 Å². The molecule has 2 aliphatic rings. The van der Waals surface area contributed by atoms with E-state index < -0.39 is 0 Å². The quantitative estimate of drug-likeness (QED) is 0.687. The van der Waals surface area contributed by atoms with Crippen molar-refractivity contribution in [1.82, 2.24) is 10.2 Å². The topological polar surface area (TPSA) is 35.6 Å². The highest BCUT2D eigenvalue weighted by Gasteiger charge is 2.29. The lowest BCUT2D eigenvalue weighted by molar-refractivity contribution is -0.122. The van der Waals surface area contributed by atoms with Gasteiger partial charge in [0.2, 0.25) is 0 Å². The molecule has 0 aromatic heterocycles. The number of nitrogens with one attached hydrogen (secondary N) is 1. The van der Waals surface area contributed by atoms with Gasteiger partial charge in [-0.1, -0.05) is 6.07 Å². The number of carbonyl (C=O) groups is 1. The van der Waals surface area contributed by atoms with E-state index in [-0.39, 0.29) is 5.91 Å². The Balaban J connectivity index is 1.85. The van der Waals surface area contributed by atoms with Crippen LogP contribution in [0.1, 0.15) is 30.9 Å². The summed E-state index contributed by atoms with van der Waals surface area (Å²) >= 11 is 5.18. The molecule has 1 N–H and O–H groups in total. The summed E-state index contributed by atoms with van der Waals surface area (Å²) in [6.45, 7) is 6.88. The molecular formula is C17H21N3OS. The van der Waals surface area contributed by atoms with Crippen LogP contribution < -0.4 is 10.2 Å². The highest BCUT2D eigenvalue weighted by Crippen LogP contribution is 2.24. The van der Waals surface area contributed by atoms with Crippen molar-refractivity contribution in [1.29, 1.82) is 0 Å². The molecule has 1 aromatic carbocycles. The summed E-state index contributed by atoms with van der Waals surface area (Å²) in [6.07, 6.45) is 4.44. The van der Waals surface area contributed by atoms with Crippen LogP contribution in [0.15, 0.2) is 23.9 Å². The summed E-state index contributed by atoms with van der Waals surface area (Å²) in [5.41, 5.74) is 4.06. The first-order valence-electron chi connectivity index (χ1n) is 7.80. The molecule has 116 valence electrons. The summed E-state index contributed by atoms with van der Waals surface area (Å²) in [4.78, 5) is 16.2. The lowest BCUT2D eigenvalue weighted by Crippen LogP contribution is -2.30. The van der Waals surface area contributed by atoms with E-state index in [4.69, 9.17) is 12.2 Å². The van der Waals surface area contributed by atoms with Crippen LogP contribution in [0.4, 0.5) is 5.69 Å². The number of likely N-dealkylation sites (N-methyl/N-ethyl adjacent to an activating group) is 1. The Hall–Kier alpha value is -1.88. The summed E-state index contributed by atoms with van der Waals surface area (Å²) in [5.74, 6) is -0.0458. The van der Waals surface area contributed by atoms with Gasteiger partial charge in [0.15, 0.2) is 5.11 Å². The molecule has 0 aliphatic carbocycles. The predicted molar refractivity (Wildman–Crippen MR) is 93.7 cm³/mol. The summed E-state index contributed by atoms with van der Waals surface area (Å²) in [7, 11) is 0. The maximum atomic E-state index is 12.2. The monoisotopic (exact) mass is 315 g/mol. The zero-order valence-corrected chi connectivity index (χ0v) is 13.9. The number of anilines is 1. The van der Waals surface area contributed by atoms with Gasteiger partial charge in [-0.2, -0.15) is 0 Å². The van der Waals surface area contributed by atoms with Crippen molar-refractivity contribution >= 4 is 35.0 Å². The van der Waals surface area contributed by atoms with Crippen molar-refractivity contribution in [3.05, 3.63) is 35.0 Å². The third-order valence-corrected chi connectivity index (χ3v) is 4.63. The van der Waals surface area contributed by atoms with Crippen LogP contribution in [-0.2, 0) is 4.79 Å². The molecular weight excluding hydrogens is 294 g/mol. The molecule has 2 fully saturated rings. The van der Waals surface area contributed by atoms with Gasteiger partial charge in [0.05, 0.1) is 0 Å². The van der Waals surface area contributed by atoms with Gasteiger partial charge in [0, 0.05) is 25.3 Å². The molecule has 0 bridgehead atoms. The molecule has 2 heterocycles. The number of amides is 1. The Morgan fingerprint density at radius 2 is 2.05 bits per heavy atom. The molecule has 1 aromatic rings. The molecule has 3 rings (SSSR count). The smallest absolute Gasteiger partial charge is 0.276 e. The molecule has 2 aliphatic heterocycles. The van der Waals surface area contributed by atoms with Gasteiger partial charge in [0.25, 0.3) is 5.91 Å². The molecule has 5 heteroatoms. The van der Waals surface area contributed by atoms with Gasteiger partial charge in [-0.05, 0) is 68.2 Å². The maximum absolute atomic E-state index is 12.2. The van der Waals surface area contributed by atoms with Gasteiger partial charge in [-0.25, -0.2) is 0 Å². The van der Waals surface area contributed by atoms with Gasteiger partial charge in [0.1, 0.15) is 5.70 Å². The molecule has 22 heavy (non-hydrogen) atoms. The van der Waals surface area contributed by atoms with Crippen LogP contribution in [0, 0.1) is 6.92 Å². The largest absolute Gasteiger partial charge is 0.372 e. The fraction of sp³-hybridized carbons (Fsp3) is 0.412. The fourth-order valence-electron chi connectivity index (χ4n) is 3.01. The summed E-state index contributed by atoms with van der Waals surface area (Å²) in [6, 6.07) is 6.43. The second-order valence-electron chi connectivity index (χ2n) is 5.77. The molecule has 1 amide bonds. The van der Waals surface area contributed by atoms with E-state index in [0.717, 1.165) is 18.7 Å². The van der Waals surface area contributed by atoms with E-state index in [9.17, 15) is 4.79 Å². The molecule has 0 unspecified atom stereocenters. The first kappa shape index (κ1) is 15.0. The minimum atomic E-state index is -0.0458. The fourth-order valence-corrected chi connectivity index (χ4v) is 3.33. The number of nitrogens with zero attached hydrogens (tertiary/aromatic N) is 2. The number of thiocarbonyl (C=S) groups is 1. The first-order valence-corrected chi connectivity index (χ1v) is 8.21. The number of carbonyl (C=O) groups excluding carboxylic acids is 1. The van der Waals surface area contributed by atoms with Crippen LogP contribution in [0.5, 0.6) is 0 Å². The van der Waals surface area contributed by atoms with Crippen LogP contribution in [0.3, 0.4) is 0 Å². The highest BCUT2D eigenvalue weighted by atomic mass is 32.1. The standard InChI is InChI=1S/C17H21N3OS/c1-3-20-16(21)15(18-17(20)22)11-13-6-7-14(10-12(13)2)19-8-4-5-9-19/h6-7,10-11H,3-5,8-9H2,1-2H3,(H,18,22). The molecule has 0 spiro atoms. The van der Waals surface area contributed by atoms with E-state index in [0.29, 0.717) is 17.4 Å². The van der Waals surface area contributed by atoms with Crippen LogP contribution in [0.2, 0.25) is 0 Å². The van der Waals surface area contributed by atoms with Crippen molar-refractivity contribution < 1.29 is 4.79 Å². The Kier molecular flexibility index (Phi) is 4.16. The van der Waals surface area contributed by atoms with Gasteiger partial charge >= 0.3 is 0 Å². The van der Waals surface area contributed by atoms with Crippen LogP contribution in [0.25, 0.3) is 6.08 Å². The first-order chi connectivity index (χ1) is 10.6. The van der Waals surface area contributed by atoms with E-state index >= 15 is 0 Å². The van der Waals surface area contributed by atoms with Gasteiger partial charge in [-0.3, -0.25) is 9.69 Å². The number of hydrogen-bond acceptors (Lipinski definition) is 3. The minimum Gasteiger partial charge on any atom is -0.372 e. The van der Waals surface area contributed by atoms with E-state index in [1.807, 2.05) is 13.0 Å². The number of benzene rings is 1. The van der Waals surface area contributed by atoms with E-state index in [2.05, 4.69) is 35.3 Å². The van der Waals surface area contributed by atoms with Crippen molar-refractivity contribution in [2.75, 3.05) is 24.5 Å². The second-order valence-corrected chi connectivity index (χ2v) is 6.16. The molecule has 4 nitrogen and oxygen atoms in total. The molecule has 0 radical (unpaired) electrons. The Morgan fingerprint density at radius 1 is 1.32 bits per heavy atom. The Morgan fingerprint density at radius 3 is 2.64 bits per heavy atom. The number of rotatable bonds is 3. The van der Waals surface area contributed by atoms with E-state index in [1.54, 1.807) is 4.90 Å². The number of hydrogen-bond donors (Lipinski definition) is 1. The third-order valence-electron chi connectivity index (χ3n) is 4.30. The molecule has 0 atom stereocenters. The number of aryl methyl sites for hydroxylation is 1. The Bertz CT molecular complexity index is 647. The van der Waals surface area contributed by atoms with Crippen LogP contribution >= 0.6 is 12.2 Å². The molecule has 2 saturated heterocycles. The lowest BCUT2D eigenvalue weighted by Gasteiger charge is -2.18. The SMILES string of the molecule is CCN1C(=O)C(=Cc2ccc(N3CCCC3)cc2C)NC1=S. The van der Waals surface area contributed by atoms with Crippen molar-refractivity contribution in [2.45, 2.75) is 26.7 Å². The molecule has 0 saturated carbocycles. The van der Waals surface area contributed by atoms with Crippen molar-refractivity contribution in [3.8, 4) is 0 Å². The summed E-state index contributed by atoms with van der Waals surface area (Å²) < 4.78 is 0. The van der Waals surface area contributed by atoms with Crippen LogP contribution in [-0.4, -0.2) is 35.6 Å². The second kappa shape index (κ2) is 6.08. The summed E-state index contributed by atoms with van der Waals surface area (Å²) in [5, 5.41) is 3.50. The Labute approximate surface area is 136 Å². The normalized spacial score (nSPS) is 20.2. The van der Waals surface area contributed by atoms with Gasteiger partial charge in [-0.15, -0.1) is 0 Å². The minimum absolute atomic E-state index is 0.0458. The zero-order chi connectivity index (χ0) is 15.7. The third kappa shape index (κ3) is 2.73. The average molecular weight is 315 g/mol. The average Bonchev–Trinajstić information content (AvgIpc) is 3.11.